The van der Waals surface area contributed by atoms with Crippen molar-refractivity contribution in [3.63, 3.8) is 0 Å². The van der Waals surface area contributed by atoms with Gasteiger partial charge in [-0.25, -0.2) is 0 Å². The third kappa shape index (κ3) is 4.74. The first-order chi connectivity index (χ1) is 9.38. The molecule has 0 bridgehead atoms. The number of ether oxygens (including phenoxy) is 3. The van der Waals surface area contributed by atoms with Crippen molar-refractivity contribution in [2.24, 2.45) is 5.73 Å². The Balaban J connectivity index is 2.92. The van der Waals surface area contributed by atoms with Crippen molar-refractivity contribution in [2.45, 2.75) is 26.2 Å². The molecular formula is C15H23NO3S. The Labute approximate surface area is 126 Å². The zero-order valence-corrected chi connectivity index (χ0v) is 13.4. The second kappa shape index (κ2) is 7.57. The van der Waals surface area contributed by atoms with Gasteiger partial charge in [0.25, 0.3) is 0 Å². The molecule has 1 aromatic rings. The van der Waals surface area contributed by atoms with Gasteiger partial charge in [-0.1, -0.05) is 45.1 Å². The van der Waals surface area contributed by atoms with Gasteiger partial charge in [-0.3, -0.25) is 0 Å². The normalized spacial score (nSPS) is 11.4. The van der Waals surface area contributed by atoms with E-state index in [-0.39, 0.29) is 12.2 Å². The molecule has 0 amide bonds. The maximum Gasteiger partial charge on any atom is 0.189 e. The molecule has 0 aliphatic carbocycles. The molecule has 1 aromatic carbocycles. The molecule has 112 valence electrons. The maximum absolute atomic E-state index is 5.77. The van der Waals surface area contributed by atoms with E-state index in [4.69, 9.17) is 32.2 Å². The second-order valence-electron chi connectivity index (χ2n) is 5.46. The average molecular weight is 297 g/mol. The number of benzene rings is 1. The Bertz CT molecular complexity index is 455. The van der Waals surface area contributed by atoms with Crippen molar-refractivity contribution in [1.82, 2.24) is 0 Å². The molecule has 0 fully saturated rings. The van der Waals surface area contributed by atoms with Crippen LogP contribution in [0.1, 0.15) is 31.9 Å². The average Bonchev–Trinajstić information content (AvgIpc) is 2.37. The highest BCUT2D eigenvalue weighted by Gasteiger charge is 2.22. The predicted octanol–water partition coefficient (Wildman–Crippen LogP) is 2.62. The summed E-state index contributed by atoms with van der Waals surface area (Å²) in [6, 6.07) is 5.82. The molecule has 0 unspecified atom stereocenters. The summed E-state index contributed by atoms with van der Waals surface area (Å²) in [5.74, 6) is 0.699. The van der Waals surface area contributed by atoms with E-state index >= 15 is 0 Å². The summed E-state index contributed by atoms with van der Waals surface area (Å²) >= 11 is 5.09. The summed E-state index contributed by atoms with van der Waals surface area (Å²) in [5, 5.41) is 0. The molecule has 0 atom stereocenters. The van der Waals surface area contributed by atoms with Gasteiger partial charge in [0.05, 0.1) is 18.8 Å². The van der Waals surface area contributed by atoms with Gasteiger partial charge in [-0.15, -0.1) is 0 Å². The number of hydrogen-bond acceptors (Lipinski definition) is 4. The van der Waals surface area contributed by atoms with Crippen molar-refractivity contribution in [3.05, 3.63) is 29.3 Å². The van der Waals surface area contributed by atoms with Gasteiger partial charge in [-0.2, -0.15) is 0 Å². The first kappa shape index (κ1) is 16.9. The lowest BCUT2D eigenvalue weighted by atomic mass is 9.85. The van der Waals surface area contributed by atoms with Crippen LogP contribution >= 0.6 is 12.2 Å². The molecule has 0 saturated heterocycles. The van der Waals surface area contributed by atoms with Crippen molar-refractivity contribution < 1.29 is 14.2 Å². The molecule has 2 N–H and O–H groups in total. The standard InChI is InChI=1S/C15H23NO3S/c1-15(2,3)12-7-5-6-11(14(16)20)13(12)19-10-18-9-8-17-4/h5-7H,8-10H2,1-4H3,(H2,16,20). The summed E-state index contributed by atoms with van der Waals surface area (Å²) in [5.41, 5.74) is 7.49. The van der Waals surface area contributed by atoms with Gasteiger partial charge >= 0.3 is 0 Å². The van der Waals surface area contributed by atoms with Crippen LogP contribution in [0.3, 0.4) is 0 Å². The van der Waals surface area contributed by atoms with Crippen LogP contribution < -0.4 is 10.5 Å². The van der Waals surface area contributed by atoms with Gasteiger partial charge in [0, 0.05) is 12.7 Å². The number of para-hydroxylation sites is 1. The van der Waals surface area contributed by atoms with E-state index in [1.54, 1.807) is 7.11 Å². The van der Waals surface area contributed by atoms with E-state index in [0.717, 1.165) is 11.1 Å². The van der Waals surface area contributed by atoms with Crippen molar-refractivity contribution in [2.75, 3.05) is 27.1 Å². The van der Waals surface area contributed by atoms with Gasteiger partial charge in [0.2, 0.25) is 0 Å². The van der Waals surface area contributed by atoms with Crippen LogP contribution in [0.2, 0.25) is 0 Å². The number of hydrogen-bond donors (Lipinski definition) is 1. The lowest BCUT2D eigenvalue weighted by molar-refractivity contribution is -0.00925. The number of nitrogens with two attached hydrogens (primary N) is 1. The van der Waals surface area contributed by atoms with Crippen LogP contribution in [0.5, 0.6) is 5.75 Å². The fraction of sp³-hybridized carbons (Fsp3) is 0.533. The molecule has 5 heteroatoms. The predicted molar refractivity (Wildman–Crippen MR) is 84.4 cm³/mol. The van der Waals surface area contributed by atoms with E-state index in [1.807, 2.05) is 18.2 Å². The van der Waals surface area contributed by atoms with Gasteiger partial charge in [0.1, 0.15) is 10.7 Å². The van der Waals surface area contributed by atoms with Crippen LogP contribution in [0, 0.1) is 0 Å². The second-order valence-corrected chi connectivity index (χ2v) is 5.90. The van der Waals surface area contributed by atoms with Crippen LogP contribution in [0.25, 0.3) is 0 Å². The fourth-order valence-electron chi connectivity index (χ4n) is 1.78. The van der Waals surface area contributed by atoms with E-state index in [1.165, 1.54) is 0 Å². The number of methoxy groups -OCH3 is 1. The lowest BCUT2D eigenvalue weighted by Crippen LogP contribution is -2.19. The van der Waals surface area contributed by atoms with Crippen molar-refractivity contribution >= 4 is 17.2 Å². The Morgan fingerprint density at radius 3 is 2.50 bits per heavy atom. The molecule has 1 rings (SSSR count). The molecule has 20 heavy (non-hydrogen) atoms. The van der Waals surface area contributed by atoms with Crippen molar-refractivity contribution in [3.8, 4) is 5.75 Å². The monoisotopic (exact) mass is 297 g/mol. The first-order valence-corrected chi connectivity index (χ1v) is 6.91. The summed E-state index contributed by atoms with van der Waals surface area (Å²) in [6.45, 7) is 7.51. The van der Waals surface area contributed by atoms with Gasteiger partial charge < -0.3 is 19.9 Å². The molecular weight excluding hydrogens is 274 g/mol. The van der Waals surface area contributed by atoms with Crippen LogP contribution in [0.15, 0.2) is 18.2 Å². The highest BCUT2D eigenvalue weighted by molar-refractivity contribution is 7.80. The molecule has 0 aromatic heterocycles. The molecule has 0 heterocycles. The minimum absolute atomic E-state index is 0.0668. The summed E-state index contributed by atoms with van der Waals surface area (Å²) in [7, 11) is 1.63. The quantitative estimate of drug-likeness (QED) is 0.476. The Hall–Kier alpha value is -1.17. The van der Waals surface area contributed by atoms with Crippen LogP contribution in [-0.2, 0) is 14.9 Å². The Morgan fingerprint density at radius 1 is 1.25 bits per heavy atom. The van der Waals surface area contributed by atoms with E-state index in [2.05, 4.69) is 20.8 Å². The topological polar surface area (TPSA) is 53.7 Å². The minimum Gasteiger partial charge on any atom is -0.467 e. The maximum atomic E-state index is 5.77. The molecule has 4 nitrogen and oxygen atoms in total. The summed E-state index contributed by atoms with van der Waals surface area (Å²) in [6.07, 6.45) is 0. The van der Waals surface area contributed by atoms with E-state index in [0.29, 0.717) is 24.0 Å². The summed E-state index contributed by atoms with van der Waals surface area (Å²) < 4.78 is 16.0. The minimum atomic E-state index is -0.0668. The van der Waals surface area contributed by atoms with Crippen molar-refractivity contribution in [1.29, 1.82) is 0 Å². The zero-order chi connectivity index (χ0) is 15.2. The Kier molecular flexibility index (Phi) is 6.39. The van der Waals surface area contributed by atoms with Crippen LogP contribution in [-0.4, -0.2) is 32.1 Å². The highest BCUT2D eigenvalue weighted by Crippen LogP contribution is 2.34. The third-order valence-electron chi connectivity index (χ3n) is 2.81. The third-order valence-corrected chi connectivity index (χ3v) is 3.03. The number of thiocarbonyl (C=S) groups is 1. The molecule has 0 aliphatic rings. The van der Waals surface area contributed by atoms with Gasteiger partial charge in [-0.05, 0) is 11.5 Å². The largest absolute Gasteiger partial charge is 0.467 e. The zero-order valence-electron chi connectivity index (χ0n) is 12.6. The first-order valence-electron chi connectivity index (χ1n) is 6.50. The van der Waals surface area contributed by atoms with Gasteiger partial charge in [0.15, 0.2) is 6.79 Å². The molecule has 0 spiro atoms. The fourth-order valence-corrected chi connectivity index (χ4v) is 1.94. The molecule has 0 saturated carbocycles. The number of rotatable bonds is 7. The van der Waals surface area contributed by atoms with E-state index in [9.17, 15) is 0 Å². The highest BCUT2D eigenvalue weighted by atomic mass is 32.1. The molecule has 0 radical (unpaired) electrons. The smallest absolute Gasteiger partial charge is 0.189 e. The van der Waals surface area contributed by atoms with Crippen LogP contribution in [0.4, 0.5) is 0 Å². The molecule has 0 aliphatic heterocycles. The van der Waals surface area contributed by atoms with E-state index < -0.39 is 0 Å². The Morgan fingerprint density at radius 2 is 1.95 bits per heavy atom. The summed E-state index contributed by atoms with van der Waals surface area (Å²) in [4.78, 5) is 0.322. The lowest BCUT2D eigenvalue weighted by Gasteiger charge is -2.24. The SMILES string of the molecule is COCCOCOc1c(C(N)=S)cccc1C(C)(C)C.